The minimum absolute atomic E-state index is 0.0303. The number of aromatic nitrogens is 8. The summed E-state index contributed by atoms with van der Waals surface area (Å²) in [7, 11) is 0. The molecule has 0 atom stereocenters. The van der Waals surface area contributed by atoms with Crippen molar-refractivity contribution in [2.24, 2.45) is 0 Å². The van der Waals surface area contributed by atoms with Crippen molar-refractivity contribution in [3.8, 4) is 78.6 Å². The smallest absolute Gasteiger partial charge is 0.204 e. The highest BCUT2D eigenvalue weighted by Gasteiger charge is 2.36. The fourth-order valence-electron chi connectivity index (χ4n) is 15.9. The first-order chi connectivity index (χ1) is 59.1. The zero-order valence-electron chi connectivity index (χ0n) is 67.6. The van der Waals surface area contributed by atoms with Crippen molar-refractivity contribution in [1.29, 1.82) is 0 Å². The van der Waals surface area contributed by atoms with Gasteiger partial charge in [0, 0.05) is 77.5 Å². The van der Waals surface area contributed by atoms with Crippen molar-refractivity contribution in [2.45, 2.75) is 182 Å². The summed E-state index contributed by atoms with van der Waals surface area (Å²) in [6.45, 7) is 6.75. The molecule has 6 N–H and O–H groups in total. The van der Waals surface area contributed by atoms with E-state index < -0.39 is 172 Å². The number of nitrogens with one attached hydrogen (secondary N) is 6. The number of unbranched alkanes of at least 4 members (excludes halogenated alkanes) is 20. The van der Waals surface area contributed by atoms with Crippen LogP contribution in [0.2, 0.25) is 0 Å². The number of rotatable bonds is 37. The topological polar surface area (TPSA) is 157 Å². The summed E-state index contributed by atoms with van der Waals surface area (Å²) in [5, 5.41) is 0. The highest BCUT2D eigenvalue weighted by Crippen LogP contribution is 2.48. The van der Waals surface area contributed by atoms with Crippen molar-refractivity contribution >= 4 is 90.5 Å². The maximum absolute atomic E-state index is 17.6. The zero-order chi connectivity index (χ0) is 86.2. The first-order valence-electron chi connectivity index (χ1n) is 41.8. The first kappa shape index (κ1) is 86.8. The van der Waals surface area contributed by atoms with E-state index in [2.05, 4.69) is 29.9 Å². The highest BCUT2D eigenvalue weighted by atomic mass is 19.2. The predicted octanol–water partition coefficient (Wildman–Crippen LogP) is 29.2. The molecule has 0 saturated heterocycles. The van der Waals surface area contributed by atoms with Crippen molar-refractivity contribution < 1.29 is 89.2 Å². The number of halogens is 16. The summed E-state index contributed by atoms with van der Waals surface area (Å²) in [5.41, 5.74) is -12.3. The van der Waals surface area contributed by atoms with Crippen molar-refractivity contribution in [1.82, 2.24) is 39.9 Å². The molecule has 28 heteroatoms. The van der Waals surface area contributed by atoms with Crippen molar-refractivity contribution in [3.63, 3.8) is 0 Å². The Hall–Kier alpha value is -11.6. The Balaban J connectivity index is 1.09. The van der Waals surface area contributed by atoms with E-state index in [9.17, 15) is 0 Å². The third-order valence-electron chi connectivity index (χ3n) is 22.3. The standard InChI is InChI=1S/C94H90F16N8O4/c1-5-9-13-17-21-25-45-119-91-83(103)75(95)71(76(96)84(91)104)67-57-33-29-49(111-57)50-30-34-58(112-50)68(72-77(97)85(105)92(86(106)78(72)98)120-46-26-22-18-14-10-6-2)62-42-38-54(116-62)65(53-37-41-61(67)115-53)66-55-39-43-63(117-55)69(73-79(99)87(107)93(88(108)80(73)100)121-47-27-23-19-15-11-7-3)59-35-31-51(113-59)52-32-36-60(114-52)70(64-44-40-56(66)118-64)74-81(101)89(109)94(90(110)82(74)102)122-48-28-24-20-16-12-8-4/h29-44,111-115,117H,5-28,45-48H2,1-4H3. The Morgan fingerprint density at radius 1 is 0.189 bits per heavy atom. The summed E-state index contributed by atoms with van der Waals surface area (Å²) in [5.74, 6) is -36.4. The molecule has 0 radical (unpaired) electrons. The van der Waals surface area contributed by atoms with Crippen LogP contribution in [0, 0.1) is 93.1 Å². The van der Waals surface area contributed by atoms with Gasteiger partial charge < -0.3 is 48.9 Å². The van der Waals surface area contributed by atoms with Gasteiger partial charge in [0.15, 0.2) is 69.5 Å². The highest BCUT2D eigenvalue weighted by molar-refractivity contribution is 6.06. The normalized spacial score (nSPS) is 12.1. The monoisotopic (exact) mass is 1700 g/mol. The minimum Gasteiger partial charge on any atom is -0.487 e. The maximum Gasteiger partial charge on any atom is 0.204 e. The number of hydrogen-bond acceptors (Lipinski definition) is 6. The average molecular weight is 1700 g/mol. The van der Waals surface area contributed by atoms with Crippen LogP contribution in [0.15, 0.2) is 72.8 Å². The fraction of sp³-hybridized carbons (Fsp3) is 0.340. The second-order valence-electron chi connectivity index (χ2n) is 30.7. The van der Waals surface area contributed by atoms with Gasteiger partial charge in [-0.2, -0.15) is 35.1 Å². The lowest BCUT2D eigenvalue weighted by Crippen LogP contribution is -2.08. The molecule has 642 valence electrons. The van der Waals surface area contributed by atoms with Crippen molar-refractivity contribution in [3.05, 3.63) is 189 Å². The van der Waals surface area contributed by atoms with Crippen LogP contribution in [0.25, 0.3) is 146 Å². The zero-order valence-corrected chi connectivity index (χ0v) is 67.6. The van der Waals surface area contributed by atoms with Gasteiger partial charge >= 0.3 is 0 Å². The molecular weight excluding hydrogens is 1610 g/mol. The molecule has 0 aliphatic carbocycles. The van der Waals surface area contributed by atoms with Crippen LogP contribution < -0.4 is 18.9 Å². The van der Waals surface area contributed by atoms with Crippen LogP contribution in [0.1, 0.15) is 205 Å². The molecule has 0 saturated carbocycles. The van der Waals surface area contributed by atoms with E-state index in [1.54, 1.807) is 0 Å². The Labute approximate surface area is 691 Å². The second kappa shape index (κ2) is 38.7. The van der Waals surface area contributed by atoms with E-state index >= 15 is 70.2 Å². The van der Waals surface area contributed by atoms with Gasteiger partial charge in [-0.3, -0.25) is 0 Å². The number of fused-ring (bicyclic) bond motifs is 18. The maximum atomic E-state index is 17.6. The molecule has 12 nitrogen and oxygen atoms in total. The van der Waals surface area contributed by atoms with E-state index in [0.29, 0.717) is 25.7 Å². The lowest BCUT2D eigenvalue weighted by Gasteiger charge is -2.14. The molecule has 2 aliphatic heterocycles. The van der Waals surface area contributed by atoms with Crippen LogP contribution in [0.4, 0.5) is 70.2 Å². The summed E-state index contributed by atoms with van der Waals surface area (Å²) >= 11 is 0. The Morgan fingerprint density at radius 3 is 0.549 bits per heavy atom. The van der Waals surface area contributed by atoms with Gasteiger partial charge in [-0.05, 0) is 123 Å². The lowest BCUT2D eigenvalue weighted by atomic mass is 10.0. The average Bonchev–Trinajstić information content (AvgIpc) is 1.62. The number of aromatic amines is 6. The van der Waals surface area contributed by atoms with Crippen LogP contribution in [0.5, 0.6) is 23.0 Å². The third-order valence-corrected chi connectivity index (χ3v) is 22.3. The molecule has 14 rings (SSSR count). The number of hydrogen-bond donors (Lipinski definition) is 6. The molecule has 0 amide bonds. The molecule has 4 aromatic carbocycles. The van der Waals surface area contributed by atoms with Gasteiger partial charge in [0.25, 0.3) is 0 Å². The molecular formula is C94H90F16N8O4. The quantitative estimate of drug-likeness (QED) is 0.0129. The summed E-state index contributed by atoms with van der Waals surface area (Å²) in [6.07, 6.45) is 22.1. The molecule has 8 aromatic heterocycles. The van der Waals surface area contributed by atoms with Gasteiger partial charge in [0.05, 0.1) is 93.5 Å². The first-order valence-corrected chi connectivity index (χ1v) is 41.8. The van der Waals surface area contributed by atoms with Crippen molar-refractivity contribution in [2.75, 3.05) is 26.4 Å². The molecule has 12 aromatic rings. The molecule has 10 heterocycles. The van der Waals surface area contributed by atoms with E-state index in [1.807, 2.05) is 27.7 Å². The van der Waals surface area contributed by atoms with Gasteiger partial charge in [-0.25, -0.2) is 45.1 Å². The second-order valence-corrected chi connectivity index (χ2v) is 30.7. The van der Waals surface area contributed by atoms with E-state index in [1.165, 1.54) is 97.1 Å². The van der Waals surface area contributed by atoms with Gasteiger partial charge in [-0.1, -0.05) is 156 Å². The minimum atomic E-state index is -1.95. The van der Waals surface area contributed by atoms with Crippen LogP contribution >= 0.6 is 0 Å². The molecule has 0 fully saturated rings. The summed E-state index contributed by atoms with van der Waals surface area (Å²) in [6, 6.07) is 15.5. The van der Waals surface area contributed by atoms with Crippen LogP contribution in [-0.2, 0) is 0 Å². The van der Waals surface area contributed by atoms with Crippen LogP contribution in [0.3, 0.4) is 0 Å². The Bertz CT molecular complexity index is 5760. The van der Waals surface area contributed by atoms with Crippen LogP contribution in [-0.4, -0.2) is 66.3 Å². The van der Waals surface area contributed by atoms with E-state index in [-0.39, 0.29) is 141 Å². The summed E-state index contributed by atoms with van der Waals surface area (Å²) < 4.78 is 298. The molecule has 16 bridgehead atoms. The van der Waals surface area contributed by atoms with Gasteiger partial charge in [-0.15, -0.1) is 0 Å². The SMILES string of the molecule is CCCCCCCCOc1c(F)c(F)c(-c2c3nc(c(-c4c5nc(c(-c6c(F)c(F)c(OCCCCCCCC)c(F)c6F)c6ccc([nH]6)c6ccc([nH]6)c(-c6c(F)c(F)c(OCCCCCCCC)c(F)c6F)c6ccc4[nH]6)C=C5)c4ccc([nH]4)c(-c4c(F)c(F)c(OCCCCCCCC)c(F)c4F)c4ccc([nH]4)c4ccc2[nH]4)C=C3)c(F)c1F. The largest absolute Gasteiger partial charge is 0.487 e. The number of H-pyrrole nitrogens is 6. The summed E-state index contributed by atoms with van der Waals surface area (Å²) in [4.78, 5) is 28.2. The lowest BCUT2D eigenvalue weighted by molar-refractivity contribution is 0.264. The molecule has 2 aliphatic rings. The number of nitrogens with zero attached hydrogens (tertiary/aromatic N) is 2. The van der Waals surface area contributed by atoms with Gasteiger partial charge in [0.1, 0.15) is 0 Å². The molecule has 0 spiro atoms. The Kier molecular flexibility index (Phi) is 27.5. The number of benzene rings is 4. The number of ether oxygens (including phenoxy) is 4. The molecule has 0 unspecified atom stereocenters. The predicted molar refractivity (Wildman–Crippen MR) is 446 cm³/mol. The fourth-order valence-corrected chi connectivity index (χ4v) is 15.9. The van der Waals surface area contributed by atoms with E-state index in [4.69, 9.17) is 28.9 Å². The van der Waals surface area contributed by atoms with E-state index in [0.717, 1.165) is 103 Å². The third kappa shape index (κ3) is 17.4. The van der Waals surface area contributed by atoms with Gasteiger partial charge in [0.2, 0.25) is 46.5 Å². The Morgan fingerprint density at radius 2 is 0.344 bits per heavy atom. The molecule has 122 heavy (non-hydrogen) atoms.